The second kappa shape index (κ2) is 3.09. The van der Waals surface area contributed by atoms with Crippen LogP contribution in [0, 0.1) is 0 Å². The maximum absolute atomic E-state index is 9.12. The molecular weight excluding hydrogens is 188 g/mol. The van der Waals surface area contributed by atoms with Crippen LogP contribution >= 0.6 is 11.6 Å². The molecule has 1 aromatic carbocycles. The molecular formula is C9H11ClN2O. The first-order valence-electron chi connectivity index (χ1n) is 4.15. The number of aliphatic hydroxyl groups excluding tert-OH is 1. The van der Waals surface area contributed by atoms with Crippen LogP contribution in [0.2, 0.25) is 5.02 Å². The fourth-order valence-electron chi connectivity index (χ4n) is 1.45. The van der Waals surface area contributed by atoms with E-state index in [1.54, 1.807) is 6.07 Å². The van der Waals surface area contributed by atoms with Gasteiger partial charge < -0.3 is 15.7 Å². The Morgan fingerprint density at radius 2 is 2.15 bits per heavy atom. The lowest BCUT2D eigenvalue weighted by atomic mass is 10.1. The molecule has 2 rings (SSSR count). The summed E-state index contributed by atoms with van der Waals surface area (Å²) in [6.45, 7) is 1.29. The summed E-state index contributed by atoms with van der Waals surface area (Å²) in [6, 6.07) is 5.53. The number of nitrogens with two attached hydrogens (primary N) is 1. The molecule has 0 saturated carbocycles. The minimum atomic E-state index is -0.224. The predicted molar refractivity (Wildman–Crippen MR) is 54.1 cm³/mol. The Labute approximate surface area is 81.7 Å². The molecule has 0 spiro atoms. The molecule has 0 unspecified atom stereocenters. The first kappa shape index (κ1) is 8.66. The van der Waals surface area contributed by atoms with Gasteiger partial charge >= 0.3 is 0 Å². The minimum absolute atomic E-state index is 0.224. The lowest BCUT2D eigenvalue weighted by Gasteiger charge is -2.38. The lowest BCUT2D eigenvalue weighted by Crippen LogP contribution is -2.51. The first-order valence-corrected chi connectivity index (χ1v) is 4.53. The third kappa shape index (κ3) is 1.45. The average Bonchev–Trinajstić information content (AvgIpc) is 2.05. The number of anilines is 2. The van der Waals surface area contributed by atoms with E-state index in [9.17, 15) is 0 Å². The summed E-state index contributed by atoms with van der Waals surface area (Å²) < 4.78 is 0. The van der Waals surface area contributed by atoms with Gasteiger partial charge in [0.2, 0.25) is 0 Å². The van der Waals surface area contributed by atoms with E-state index in [-0.39, 0.29) is 6.10 Å². The van der Waals surface area contributed by atoms with Gasteiger partial charge in [0.05, 0.1) is 22.5 Å². The highest BCUT2D eigenvalue weighted by Crippen LogP contribution is 2.32. The molecule has 1 fully saturated rings. The number of para-hydroxylation sites is 1. The number of nitrogens with zero attached hydrogens (tertiary/aromatic N) is 1. The molecule has 0 bridgehead atoms. The molecule has 0 radical (unpaired) electrons. The fraction of sp³-hybridized carbons (Fsp3) is 0.333. The molecule has 1 saturated heterocycles. The molecule has 0 aliphatic carbocycles. The van der Waals surface area contributed by atoms with E-state index in [0.717, 1.165) is 5.69 Å². The summed E-state index contributed by atoms with van der Waals surface area (Å²) in [6.07, 6.45) is -0.224. The number of benzene rings is 1. The zero-order valence-corrected chi connectivity index (χ0v) is 7.83. The summed E-state index contributed by atoms with van der Waals surface area (Å²) in [5, 5.41) is 9.69. The van der Waals surface area contributed by atoms with Crippen LogP contribution in [0.15, 0.2) is 18.2 Å². The van der Waals surface area contributed by atoms with Crippen molar-refractivity contribution in [3.8, 4) is 0 Å². The van der Waals surface area contributed by atoms with E-state index in [0.29, 0.717) is 23.8 Å². The molecule has 0 atom stereocenters. The topological polar surface area (TPSA) is 49.5 Å². The summed E-state index contributed by atoms with van der Waals surface area (Å²) in [5.41, 5.74) is 7.29. The van der Waals surface area contributed by atoms with Crippen molar-refractivity contribution in [3.05, 3.63) is 23.2 Å². The number of hydrogen-bond acceptors (Lipinski definition) is 3. The maximum atomic E-state index is 9.12. The molecule has 4 heteroatoms. The number of β-amino-alcohol motifs (C(OH)–C–C–N with tert-alkyl or cyclic N) is 1. The van der Waals surface area contributed by atoms with Gasteiger partial charge in [0.25, 0.3) is 0 Å². The van der Waals surface area contributed by atoms with E-state index < -0.39 is 0 Å². The van der Waals surface area contributed by atoms with E-state index in [4.69, 9.17) is 22.4 Å². The maximum Gasteiger partial charge on any atom is 0.0889 e. The Balaban J connectivity index is 2.26. The Morgan fingerprint density at radius 1 is 1.46 bits per heavy atom. The van der Waals surface area contributed by atoms with Crippen molar-refractivity contribution < 1.29 is 5.11 Å². The standard InChI is InChI=1S/C9H11ClN2O/c10-7-2-1-3-8(9(7)11)12-4-6(13)5-12/h1-3,6,13H,4-5,11H2. The van der Waals surface area contributed by atoms with E-state index in [1.165, 1.54) is 0 Å². The van der Waals surface area contributed by atoms with Crippen LogP contribution in [0.25, 0.3) is 0 Å². The van der Waals surface area contributed by atoms with E-state index >= 15 is 0 Å². The average molecular weight is 199 g/mol. The van der Waals surface area contributed by atoms with Crippen molar-refractivity contribution in [1.29, 1.82) is 0 Å². The van der Waals surface area contributed by atoms with Gasteiger partial charge in [-0.1, -0.05) is 17.7 Å². The first-order chi connectivity index (χ1) is 6.18. The number of halogens is 1. The van der Waals surface area contributed by atoms with Gasteiger partial charge in [-0.05, 0) is 12.1 Å². The quantitative estimate of drug-likeness (QED) is 0.665. The highest BCUT2D eigenvalue weighted by Gasteiger charge is 2.26. The van der Waals surface area contributed by atoms with Crippen LogP contribution in [0.3, 0.4) is 0 Å². The largest absolute Gasteiger partial charge is 0.396 e. The molecule has 1 aliphatic heterocycles. The lowest BCUT2D eigenvalue weighted by molar-refractivity contribution is 0.142. The van der Waals surface area contributed by atoms with Crippen molar-refractivity contribution in [1.82, 2.24) is 0 Å². The van der Waals surface area contributed by atoms with Crippen molar-refractivity contribution in [2.75, 3.05) is 23.7 Å². The SMILES string of the molecule is Nc1c(Cl)cccc1N1CC(O)C1. The smallest absolute Gasteiger partial charge is 0.0889 e. The molecule has 13 heavy (non-hydrogen) atoms. The molecule has 0 amide bonds. The fourth-order valence-corrected chi connectivity index (χ4v) is 1.62. The normalized spacial score (nSPS) is 17.2. The van der Waals surface area contributed by atoms with Crippen molar-refractivity contribution in [2.45, 2.75) is 6.10 Å². The number of hydrogen-bond donors (Lipinski definition) is 2. The summed E-state index contributed by atoms with van der Waals surface area (Å²) >= 11 is 5.86. The third-order valence-electron chi connectivity index (χ3n) is 2.23. The predicted octanol–water partition coefficient (Wildman–Crippen LogP) is 1.10. The van der Waals surface area contributed by atoms with Gasteiger partial charge in [0.15, 0.2) is 0 Å². The Morgan fingerprint density at radius 3 is 2.77 bits per heavy atom. The second-order valence-electron chi connectivity index (χ2n) is 3.23. The molecule has 3 nitrogen and oxygen atoms in total. The monoisotopic (exact) mass is 198 g/mol. The molecule has 0 aromatic heterocycles. The molecule has 1 heterocycles. The van der Waals surface area contributed by atoms with Crippen LogP contribution < -0.4 is 10.6 Å². The van der Waals surface area contributed by atoms with Crippen LogP contribution in [-0.4, -0.2) is 24.3 Å². The molecule has 1 aromatic rings. The minimum Gasteiger partial charge on any atom is -0.396 e. The van der Waals surface area contributed by atoms with Crippen LogP contribution in [0.5, 0.6) is 0 Å². The van der Waals surface area contributed by atoms with E-state index in [1.807, 2.05) is 17.0 Å². The Kier molecular flexibility index (Phi) is 2.06. The van der Waals surface area contributed by atoms with Crippen molar-refractivity contribution >= 4 is 23.0 Å². The van der Waals surface area contributed by atoms with Gasteiger partial charge in [0, 0.05) is 13.1 Å². The molecule has 70 valence electrons. The zero-order chi connectivity index (χ0) is 9.42. The van der Waals surface area contributed by atoms with Crippen LogP contribution in [-0.2, 0) is 0 Å². The molecule has 3 N–H and O–H groups in total. The summed E-state index contributed by atoms with van der Waals surface area (Å²) in [4.78, 5) is 2.01. The van der Waals surface area contributed by atoms with Crippen molar-refractivity contribution in [2.24, 2.45) is 0 Å². The van der Waals surface area contributed by atoms with Gasteiger partial charge in [0.1, 0.15) is 0 Å². The third-order valence-corrected chi connectivity index (χ3v) is 2.56. The molecule has 1 aliphatic rings. The number of aliphatic hydroxyl groups is 1. The Bertz CT molecular complexity index is 323. The highest BCUT2D eigenvalue weighted by atomic mass is 35.5. The van der Waals surface area contributed by atoms with Gasteiger partial charge in [-0.15, -0.1) is 0 Å². The van der Waals surface area contributed by atoms with Gasteiger partial charge in [-0.25, -0.2) is 0 Å². The number of rotatable bonds is 1. The van der Waals surface area contributed by atoms with Crippen LogP contribution in [0.1, 0.15) is 0 Å². The van der Waals surface area contributed by atoms with Crippen molar-refractivity contribution in [3.63, 3.8) is 0 Å². The second-order valence-corrected chi connectivity index (χ2v) is 3.64. The van der Waals surface area contributed by atoms with Gasteiger partial charge in [-0.3, -0.25) is 0 Å². The summed E-state index contributed by atoms with van der Waals surface area (Å²) in [7, 11) is 0. The zero-order valence-electron chi connectivity index (χ0n) is 7.07. The highest BCUT2D eigenvalue weighted by molar-refractivity contribution is 6.33. The number of nitrogen functional groups attached to an aromatic ring is 1. The van der Waals surface area contributed by atoms with E-state index in [2.05, 4.69) is 0 Å². The summed E-state index contributed by atoms with van der Waals surface area (Å²) in [5.74, 6) is 0. The van der Waals surface area contributed by atoms with Crippen LogP contribution in [0.4, 0.5) is 11.4 Å². The Hall–Kier alpha value is -0.930. The van der Waals surface area contributed by atoms with Gasteiger partial charge in [-0.2, -0.15) is 0 Å².